The predicted octanol–water partition coefficient (Wildman–Crippen LogP) is 4.34. The molecule has 22 heavy (non-hydrogen) atoms. The first-order valence-corrected chi connectivity index (χ1v) is 8.52. The second-order valence-electron chi connectivity index (χ2n) is 4.60. The van der Waals surface area contributed by atoms with Crippen molar-refractivity contribution >= 4 is 49.7 Å². The molecule has 0 amide bonds. The summed E-state index contributed by atoms with van der Waals surface area (Å²) in [6.45, 7) is 0. The van der Waals surface area contributed by atoms with E-state index >= 15 is 0 Å². The van der Waals surface area contributed by atoms with Crippen LogP contribution in [0.3, 0.4) is 0 Å². The lowest BCUT2D eigenvalue weighted by Gasteiger charge is -2.09. The van der Waals surface area contributed by atoms with Crippen LogP contribution in [-0.4, -0.2) is 13.4 Å². The first-order valence-electron chi connectivity index (χ1n) is 6.28. The summed E-state index contributed by atoms with van der Waals surface area (Å²) in [4.78, 5) is 4.12. The van der Waals surface area contributed by atoms with Gasteiger partial charge in [-0.1, -0.05) is 23.2 Å². The van der Waals surface area contributed by atoms with Gasteiger partial charge in [0.2, 0.25) is 0 Å². The monoisotopic (exact) mass is 352 g/mol. The Kier molecular flexibility index (Phi) is 3.95. The van der Waals surface area contributed by atoms with Gasteiger partial charge in [0, 0.05) is 22.3 Å². The molecule has 0 aliphatic heterocycles. The van der Waals surface area contributed by atoms with Crippen molar-refractivity contribution in [1.82, 2.24) is 4.98 Å². The Hall–Kier alpha value is -1.82. The molecule has 0 fully saturated rings. The van der Waals surface area contributed by atoms with E-state index in [1.165, 1.54) is 24.3 Å². The standard InChI is InChI=1S/C15H10Cl2N2O2S/c16-11-1-4-13(5-2-11)22(20,21)19-12-3-6-14-10(9-12)7-8-18-15(14)17/h1-9,19H. The highest BCUT2D eigenvalue weighted by Gasteiger charge is 2.14. The zero-order chi connectivity index (χ0) is 15.7. The van der Waals surface area contributed by atoms with E-state index in [-0.39, 0.29) is 4.90 Å². The Morgan fingerprint density at radius 2 is 1.68 bits per heavy atom. The van der Waals surface area contributed by atoms with Crippen LogP contribution < -0.4 is 4.72 Å². The van der Waals surface area contributed by atoms with Crippen molar-refractivity contribution < 1.29 is 8.42 Å². The van der Waals surface area contributed by atoms with E-state index in [4.69, 9.17) is 23.2 Å². The molecule has 4 nitrogen and oxygen atoms in total. The van der Waals surface area contributed by atoms with Crippen molar-refractivity contribution in [3.8, 4) is 0 Å². The van der Waals surface area contributed by atoms with Crippen LogP contribution in [-0.2, 0) is 10.0 Å². The molecule has 0 atom stereocenters. The lowest BCUT2D eigenvalue weighted by atomic mass is 10.1. The molecular weight excluding hydrogens is 343 g/mol. The summed E-state index contributed by atoms with van der Waals surface area (Å²) in [5.41, 5.74) is 0.449. The minimum atomic E-state index is -3.67. The summed E-state index contributed by atoms with van der Waals surface area (Å²) in [6.07, 6.45) is 1.57. The molecule has 0 aliphatic carbocycles. The van der Waals surface area contributed by atoms with E-state index in [2.05, 4.69) is 9.71 Å². The number of nitrogens with one attached hydrogen (secondary N) is 1. The molecule has 0 aliphatic rings. The van der Waals surface area contributed by atoms with E-state index in [1.54, 1.807) is 30.5 Å². The van der Waals surface area contributed by atoms with Gasteiger partial charge in [0.1, 0.15) is 5.15 Å². The van der Waals surface area contributed by atoms with Crippen molar-refractivity contribution in [3.05, 3.63) is 64.9 Å². The second-order valence-corrected chi connectivity index (χ2v) is 7.07. The number of fused-ring (bicyclic) bond motifs is 1. The number of anilines is 1. The van der Waals surface area contributed by atoms with Crippen LogP contribution in [0.2, 0.25) is 10.2 Å². The number of halogens is 2. The van der Waals surface area contributed by atoms with Crippen molar-refractivity contribution in [2.75, 3.05) is 4.72 Å². The van der Waals surface area contributed by atoms with Crippen LogP contribution in [0.25, 0.3) is 10.8 Å². The number of pyridine rings is 1. The molecule has 1 N–H and O–H groups in total. The van der Waals surface area contributed by atoms with Gasteiger partial charge in [-0.2, -0.15) is 0 Å². The SMILES string of the molecule is O=S(=O)(Nc1ccc2c(Cl)nccc2c1)c1ccc(Cl)cc1. The lowest BCUT2D eigenvalue weighted by molar-refractivity contribution is 0.601. The van der Waals surface area contributed by atoms with E-state index in [9.17, 15) is 8.42 Å². The fraction of sp³-hybridized carbons (Fsp3) is 0. The number of nitrogens with zero attached hydrogens (tertiary/aromatic N) is 1. The van der Waals surface area contributed by atoms with Crippen LogP contribution in [0.1, 0.15) is 0 Å². The fourth-order valence-electron chi connectivity index (χ4n) is 2.03. The molecule has 112 valence electrons. The molecule has 0 radical (unpaired) electrons. The van der Waals surface area contributed by atoms with Gasteiger partial charge in [0.15, 0.2) is 0 Å². The van der Waals surface area contributed by atoms with Crippen molar-refractivity contribution in [3.63, 3.8) is 0 Å². The third-order valence-corrected chi connectivity index (χ3v) is 5.04. The lowest BCUT2D eigenvalue weighted by Crippen LogP contribution is -2.12. The van der Waals surface area contributed by atoms with Crippen molar-refractivity contribution in [2.45, 2.75) is 4.90 Å². The molecule has 0 unspecified atom stereocenters. The Bertz CT molecular complexity index is 941. The Morgan fingerprint density at radius 1 is 0.955 bits per heavy atom. The molecule has 0 bridgehead atoms. The van der Waals surface area contributed by atoms with E-state index in [0.717, 1.165) is 10.8 Å². The van der Waals surface area contributed by atoms with Gasteiger partial charge in [-0.05, 0) is 53.9 Å². The first kappa shape index (κ1) is 15.1. The van der Waals surface area contributed by atoms with E-state index < -0.39 is 10.0 Å². The number of aromatic nitrogens is 1. The zero-order valence-electron chi connectivity index (χ0n) is 11.1. The molecule has 0 saturated carbocycles. The second kappa shape index (κ2) is 5.76. The maximum absolute atomic E-state index is 12.3. The summed E-state index contributed by atoms with van der Waals surface area (Å²) < 4.78 is 27.2. The van der Waals surface area contributed by atoms with Gasteiger partial charge in [0.25, 0.3) is 10.0 Å². The minimum absolute atomic E-state index is 0.143. The minimum Gasteiger partial charge on any atom is -0.280 e. The summed E-state index contributed by atoms with van der Waals surface area (Å²) >= 11 is 11.8. The molecule has 0 saturated heterocycles. The van der Waals surface area contributed by atoms with Crippen LogP contribution in [0.4, 0.5) is 5.69 Å². The van der Waals surface area contributed by atoms with Gasteiger partial charge >= 0.3 is 0 Å². The van der Waals surface area contributed by atoms with Gasteiger partial charge in [-0.3, -0.25) is 4.72 Å². The number of rotatable bonds is 3. The molecule has 1 aromatic heterocycles. The zero-order valence-corrected chi connectivity index (χ0v) is 13.5. The number of sulfonamides is 1. The number of hydrogen-bond donors (Lipinski definition) is 1. The largest absolute Gasteiger partial charge is 0.280 e. The summed E-state index contributed by atoms with van der Waals surface area (Å²) in [5, 5.41) is 2.42. The average molecular weight is 353 g/mol. The summed E-state index contributed by atoms with van der Waals surface area (Å²) in [6, 6.07) is 12.8. The quantitative estimate of drug-likeness (QED) is 0.713. The normalized spacial score (nSPS) is 11.5. The Labute approximate surface area is 137 Å². The van der Waals surface area contributed by atoms with Crippen LogP contribution in [0.15, 0.2) is 59.6 Å². The van der Waals surface area contributed by atoms with E-state index in [1.807, 2.05) is 0 Å². The molecular formula is C15H10Cl2N2O2S. The van der Waals surface area contributed by atoms with Crippen LogP contribution in [0, 0.1) is 0 Å². The van der Waals surface area contributed by atoms with Gasteiger partial charge in [-0.25, -0.2) is 13.4 Å². The smallest absolute Gasteiger partial charge is 0.261 e. The highest BCUT2D eigenvalue weighted by molar-refractivity contribution is 7.92. The molecule has 2 aromatic carbocycles. The highest BCUT2D eigenvalue weighted by Crippen LogP contribution is 2.25. The summed E-state index contributed by atoms with van der Waals surface area (Å²) in [7, 11) is -3.67. The third kappa shape index (κ3) is 3.02. The highest BCUT2D eigenvalue weighted by atomic mass is 35.5. The molecule has 3 aromatic rings. The average Bonchev–Trinajstić information content (AvgIpc) is 2.47. The van der Waals surface area contributed by atoms with Crippen LogP contribution >= 0.6 is 23.2 Å². The Balaban J connectivity index is 1.97. The fourth-order valence-corrected chi connectivity index (χ4v) is 3.44. The summed E-state index contributed by atoms with van der Waals surface area (Å²) in [5.74, 6) is 0. The van der Waals surface area contributed by atoms with E-state index in [0.29, 0.717) is 15.9 Å². The van der Waals surface area contributed by atoms with Crippen LogP contribution in [0.5, 0.6) is 0 Å². The number of hydrogen-bond acceptors (Lipinski definition) is 3. The van der Waals surface area contributed by atoms with Gasteiger partial charge in [-0.15, -0.1) is 0 Å². The third-order valence-electron chi connectivity index (χ3n) is 3.09. The topological polar surface area (TPSA) is 59.1 Å². The Morgan fingerprint density at radius 3 is 2.41 bits per heavy atom. The predicted molar refractivity (Wildman–Crippen MR) is 89.0 cm³/mol. The molecule has 0 spiro atoms. The maximum Gasteiger partial charge on any atom is 0.261 e. The first-order chi connectivity index (χ1) is 10.5. The van der Waals surface area contributed by atoms with Crippen molar-refractivity contribution in [2.24, 2.45) is 0 Å². The van der Waals surface area contributed by atoms with Crippen molar-refractivity contribution in [1.29, 1.82) is 0 Å². The number of benzene rings is 2. The van der Waals surface area contributed by atoms with Gasteiger partial charge in [0.05, 0.1) is 4.90 Å². The van der Waals surface area contributed by atoms with Gasteiger partial charge < -0.3 is 0 Å². The molecule has 3 rings (SSSR count). The maximum atomic E-state index is 12.3. The molecule has 7 heteroatoms. The molecule has 1 heterocycles.